The molecular weight excluding hydrogens is 336 g/mol. The molecule has 3 heterocycles. The second-order valence-electron chi connectivity index (χ2n) is 6.53. The molecule has 1 aliphatic carbocycles. The second-order valence-corrected chi connectivity index (χ2v) is 8.60. The summed E-state index contributed by atoms with van der Waals surface area (Å²) in [5.41, 5.74) is 1.48. The number of nitrogens with one attached hydrogen (secondary N) is 1. The fourth-order valence-corrected chi connectivity index (χ4v) is 5.67. The van der Waals surface area contributed by atoms with E-state index >= 15 is 0 Å². The van der Waals surface area contributed by atoms with E-state index in [1.54, 1.807) is 0 Å². The van der Waals surface area contributed by atoms with Crippen LogP contribution in [-0.4, -0.2) is 35.5 Å². The van der Waals surface area contributed by atoms with Gasteiger partial charge >= 0.3 is 0 Å². The first-order valence-corrected chi connectivity index (χ1v) is 10.1. The minimum absolute atomic E-state index is 0.349. The van der Waals surface area contributed by atoms with E-state index in [-0.39, 0.29) is 0 Å². The lowest BCUT2D eigenvalue weighted by Gasteiger charge is -2.24. The maximum atomic E-state index is 4.73. The molecule has 126 valence electrons. The lowest BCUT2D eigenvalue weighted by atomic mass is 10.1. The Morgan fingerprint density at radius 1 is 1.29 bits per heavy atom. The fourth-order valence-electron chi connectivity index (χ4n) is 3.44. The average molecular weight is 359 g/mol. The highest BCUT2D eigenvalue weighted by Gasteiger charge is 2.23. The van der Waals surface area contributed by atoms with Gasteiger partial charge in [0.05, 0.1) is 11.4 Å². The van der Waals surface area contributed by atoms with Crippen LogP contribution in [0.3, 0.4) is 0 Å². The van der Waals surface area contributed by atoms with E-state index in [1.807, 2.05) is 29.6 Å². The minimum atomic E-state index is 0.349. The van der Waals surface area contributed by atoms with E-state index in [0.29, 0.717) is 6.04 Å². The lowest BCUT2D eigenvalue weighted by molar-refractivity contribution is 0.316. The maximum absolute atomic E-state index is 4.73. The SMILES string of the molecule is Cc1nc(NC[C@H](c2cccs2)N(C)C)c2c3c(sc2n1)CCC3. The van der Waals surface area contributed by atoms with Gasteiger partial charge in [0.15, 0.2) is 0 Å². The first-order valence-electron chi connectivity index (χ1n) is 8.36. The van der Waals surface area contributed by atoms with Gasteiger partial charge in [-0.15, -0.1) is 22.7 Å². The third kappa shape index (κ3) is 2.83. The van der Waals surface area contributed by atoms with E-state index < -0.39 is 0 Å². The monoisotopic (exact) mass is 358 g/mol. The summed E-state index contributed by atoms with van der Waals surface area (Å²) in [4.78, 5) is 15.7. The highest BCUT2D eigenvalue weighted by atomic mass is 32.1. The standard InChI is InChI=1S/C18H22N4S2/c1-11-20-17(16-12-6-4-7-14(12)24-18(16)21-11)19-10-13(22(2)3)15-8-5-9-23-15/h5,8-9,13H,4,6-7,10H2,1-3H3,(H,19,20,21)/t13-/m1/s1. The average Bonchev–Trinajstić information content (AvgIpc) is 3.22. The molecule has 4 rings (SSSR count). The molecule has 0 radical (unpaired) electrons. The van der Waals surface area contributed by atoms with Crippen LogP contribution >= 0.6 is 22.7 Å². The summed E-state index contributed by atoms with van der Waals surface area (Å²) in [6.07, 6.45) is 3.63. The Hall–Kier alpha value is -1.50. The Morgan fingerprint density at radius 2 is 2.17 bits per heavy atom. The summed E-state index contributed by atoms with van der Waals surface area (Å²) < 4.78 is 0. The molecule has 0 aromatic carbocycles. The van der Waals surface area contributed by atoms with Crippen LogP contribution in [0.15, 0.2) is 17.5 Å². The van der Waals surface area contributed by atoms with E-state index in [2.05, 4.69) is 46.8 Å². The van der Waals surface area contributed by atoms with Crippen LogP contribution in [0, 0.1) is 6.92 Å². The predicted octanol–water partition coefficient (Wildman–Crippen LogP) is 4.26. The zero-order chi connectivity index (χ0) is 16.7. The zero-order valence-electron chi connectivity index (χ0n) is 14.3. The Morgan fingerprint density at radius 3 is 2.92 bits per heavy atom. The first kappa shape index (κ1) is 16.0. The van der Waals surface area contributed by atoms with Crippen molar-refractivity contribution in [3.63, 3.8) is 0 Å². The third-order valence-corrected chi connectivity index (χ3v) is 6.79. The molecule has 0 spiro atoms. The molecule has 3 aromatic rings. The smallest absolute Gasteiger partial charge is 0.138 e. The minimum Gasteiger partial charge on any atom is -0.367 e. The van der Waals surface area contributed by atoms with Crippen molar-refractivity contribution >= 4 is 38.7 Å². The van der Waals surface area contributed by atoms with Crippen molar-refractivity contribution in [2.45, 2.75) is 32.2 Å². The number of nitrogens with zero attached hydrogens (tertiary/aromatic N) is 3. The first-order chi connectivity index (χ1) is 11.6. The molecule has 1 atom stereocenters. The fraction of sp³-hybridized carbons (Fsp3) is 0.444. The number of hydrogen-bond donors (Lipinski definition) is 1. The molecule has 3 aromatic heterocycles. The van der Waals surface area contributed by atoms with Crippen molar-refractivity contribution in [1.29, 1.82) is 0 Å². The van der Waals surface area contributed by atoms with Gasteiger partial charge in [0.2, 0.25) is 0 Å². The number of thiophene rings is 2. The quantitative estimate of drug-likeness (QED) is 0.740. The maximum Gasteiger partial charge on any atom is 0.138 e. The summed E-state index contributed by atoms with van der Waals surface area (Å²) in [7, 11) is 4.27. The Balaban J connectivity index is 1.67. The third-order valence-electron chi connectivity index (χ3n) is 4.63. The Labute approximate surface area is 150 Å². The number of likely N-dealkylation sites (N-methyl/N-ethyl adjacent to an activating group) is 1. The van der Waals surface area contributed by atoms with E-state index in [1.165, 1.54) is 40.0 Å². The zero-order valence-corrected chi connectivity index (χ0v) is 15.9. The largest absolute Gasteiger partial charge is 0.367 e. The van der Waals surface area contributed by atoms with Crippen LogP contribution in [0.25, 0.3) is 10.2 Å². The molecule has 4 nitrogen and oxygen atoms in total. The molecule has 24 heavy (non-hydrogen) atoms. The van der Waals surface area contributed by atoms with Gasteiger partial charge in [-0.25, -0.2) is 9.97 Å². The summed E-state index contributed by atoms with van der Waals surface area (Å²) in [6.45, 7) is 2.84. The summed E-state index contributed by atoms with van der Waals surface area (Å²) in [5.74, 6) is 1.86. The molecule has 0 bridgehead atoms. The van der Waals surface area contributed by atoms with Crippen molar-refractivity contribution in [3.8, 4) is 0 Å². The van der Waals surface area contributed by atoms with Gasteiger partial charge in [0.1, 0.15) is 16.5 Å². The van der Waals surface area contributed by atoms with Gasteiger partial charge in [-0.1, -0.05) is 6.07 Å². The number of anilines is 1. The normalized spacial score (nSPS) is 15.2. The van der Waals surface area contributed by atoms with E-state index in [9.17, 15) is 0 Å². The van der Waals surface area contributed by atoms with Crippen molar-refractivity contribution < 1.29 is 0 Å². The highest BCUT2D eigenvalue weighted by Crippen LogP contribution is 2.39. The molecule has 0 unspecified atom stereocenters. The van der Waals surface area contributed by atoms with E-state index in [4.69, 9.17) is 4.98 Å². The van der Waals surface area contributed by atoms with Crippen molar-refractivity contribution in [2.75, 3.05) is 26.0 Å². The van der Waals surface area contributed by atoms with Crippen molar-refractivity contribution in [2.24, 2.45) is 0 Å². The number of aryl methyl sites for hydroxylation is 3. The van der Waals surface area contributed by atoms with Gasteiger partial charge in [-0.2, -0.15) is 0 Å². The number of aromatic nitrogens is 2. The summed E-state index contributed by atoms with van der Waals surface area (Å²) in [6, 6.07) is 4.68. The number of rotatable bonds is 5. The molecule has 1 N–H and O–H groups in total. The van der Waals surface area contributed by atoms with Gasteiger partial charge in [-0.3, -0.25) is 0 Å². The number of hydrogen-bond acceptors (Lipinski definition) is 6. The van der Waals surface area contributed by atoms with Gasteiger partial charge in [0, 0.05) is 16.3 Å². The van der Waals surface area contributed by atoms with Gasteiger partial charge in [0.25, 0.3) is 0 Å². The molecule has 0 saturated carbocycles. The van der Waals surface area contributed by atoms with Crippen LogP contribution in [0.5, 0.6) is 0 Å². The number of fused-ring (bicyclic) bond motifs is 3. The van der Waals surface area contributed by atoms with Crippen LogP contribution in [0.4, 0.5) is 5.82 Å². The van der Waals surface area contributed by atoms with Gasteiger partial charge in [-0.05, 0) is 57.3 Å². The molecule has 0 amide bonds. The molecule has 0 fully saturated rings. The topological polar surface area (TPSA) is 41.1 Å². The summed E-state index contributed by atoms with van der Waals surface area (Å²) in [5, 5.41) is 7.04. The highest BCUT2D eigenvalue weighted by molar-refractivity contribution is 7.19. The van der Waals surface area contributed by atoms with Crippen LogP contribution in [0.2, 0.25) is 0 Å². The van der Waals surface area contributed by atoms with E-state index in [0.717, 1.165) is 23.0 Å². The van der Waals surface area contributed by atoms with Crippen LogP contribution < -0.4 is 5.32 Å². The van der Waals surface area contributed by atoms with Crippen LogP contribution in [-0.2, 0) is 12.8 Å². The molecule has 0 saturated heterocycles. The lowest BCUT2D eigenvalue weighted by Crippen LogP contribution is -2.26. The molecular formula is C18H22N4S2. The van der Waals surface area contributed by atoms with Crippen molar-refractivity contribution in [3.05, 3.63) is 38.7 Å². The summed E-state index contributed by atoms with van der Waals surface area (Å²) >= 11 is 3.66. The Bertz CT molecular complexity index is 852. The molecule has 1 aliphatic rings. The van der Waals surface area contributed by atoms with Crippen LogP contribution in [0.1, 0.15) is 33.6 Å². The predicted molar refractivity (Wildman–Crippen MR) is 103 cm³/mol. The van der Waals surface area contributed by atoms with Crippen molar-refractivity contribution in [1.82, 2.24) is 14.9 Å². The second kappa shape index (κ2) is 6.43. The molecule has 6 heteroatoms. The Kier molecular flexibility index (Phi) is 4.28. The molecule has 0 aliphatic heterocycles. The van der Waals surface area contributed by atoms with Gasteiger partial charge < -0.3 is 10.2 Å².